The standard InChI is InChI=1S/C12H28N2O/c1-12(8-10-14(2)3)13-9-6-4-5-7-11-15/h12-13,15H,4-11H2,1-3H3. The van der Waals surface area contributed by atoms with Crippen LogP contribution in [-0.4, -0.2) is 49.8 Å². The second-order valence-electron chi connectivity index (χ2n) is 4.58. The molecular formula is C12H28N2O. The Morgan fingerprint density at radius 2 is 1.80 bits per heavy atom. The fourth-order valence-electron chi connectivity index (χ4n) is 1.49. The van der Waals surface area contributed by atoms with Gasteiger partial charge in [0, 0.05) is 12.6 Å². The fourth-order valence-corrected chi connectivity index (χ4v) is 1.49. The first-order chi connectivity index (χ1) is 7.16. The van der Waals surface area contributed by atoms with E-state index in [0.717, 1.165) is 25.9 Å². The maximum Gasteiger partial charge on any atom is 0.0431 e. The van der Waals surface area contributed by atoms with Gasteiger partial charge in [-0.3, -0.25) is 0 Å². The van der Waals surface area contributed by atoms with Crippen molar-refractivity contribution in [3.8, 4) is 0 Å². The zero-order valence-electron chi connectivity index (χ0n) is 10.6. The molecule has 0 rings (SSSR count). The number of hydrogen-bond acceptors (Lipinski definition) is 3. The van der Waals surface area contributed by atoms with Crippen LogP contribution >= 0.6 is 0 Å². The molecule has 0 saturated heterocycles. The first-order valence-corrected chi connectivity index (χ1v) is 6.15. The molecule has 0 aromatic heterocycles. The minimum absolute atomic E-state index is 0.340. The minimum atomic E-state index is 0.340. The van der Waals surface area contributed by atoms with Gasteiger partial charge in [0.2, 0.25) is 0 Å². The maximum absolute atomic E-state index is 8.61. The summed E-state index contributed by atoms with van der Waals surface area (Å²) in [5.74, 6) is 0. The number of nitrogens with one attached hydrogen (secondary N) is 1. The second kappa shape index (κ2) is 10.4. The van der Waals surface area contributed by atoms with Gasteiger partial charge >= 0.3 is 0 Å². The summed E-state index contributed by atoms with van der Waals surface area (Å²) < 4.78 is 0. The lowest BCUT2D eigenvalue weighted by Crippen LogP contribution is -2.30. The summed E-state index contributed by atoms with van der Waals surface area (Å²) in [6.45, 7) is 4.85. The fraction of sp³-hybridized carbons (Fsp3) is 1.00. The number of hydrogen-bond donors (Lipinski definition) is 2. The molecule has 1 atom stereocenters. The molecule has 0 aliphatic carbocycles. The molecule has 0 fully saturated rings. The Kier molecular flexibility index (Phi) is 10.3. The number of aliphatic hydroxyl groups excluding tert-OH is 1. The highest BCUT2D eigenvalue weighted by molar-refractivity contribution is 4.62. The molecular weight excluding hydrogens is 188 g/mol. The monoisotopic (exact) mass is 216 g/mol. The van der Waals surface area contributed by atoms with E-state index in [1.807, 2.05) is 0 Å². The molecule has 0 amide bonds. The maximum atomic E-state index is 8.61. The normalized spacial score (nSPS) is 13.4. The highest BCUT2D eigenvalue weighted by Gasteiger charge is 2.00. The first kappa shape index (κ1) is 14.9. The van der Waals surface area contributed by atoms with E-state index in [1.165, 1.54) is 19.3 Å². The van der Waals surface area contributed by atoms with Gasteiger partial charge in [-0.15, -0.1) is 0 Å². The van der Waals surface area contributed by atoms with Gasteiger partial charge < -0.3 is 15.3 Å². The molecule has 3 nitrogen and oxygen atoms in total. The van der Waals surface area contributed by atoms with Crippen LogP contribution in [0.25, 0.3) is 0 Å². The van der Waals surface area contributed by atoms with E-state index in [9.17, 15) is 0 Å². The highest BCUT2D eigenvalue weighted by atomic mass is 16.2. The summed E-state index contributed by atoms with van der Waals surface area (Å²) >= 11 is 0. The van der Waals surface area contributed by atoms with Gasteiger partial charge in [-0.25, -0.2) is 0 Å². The van der Waals surface area contributed by atoms with Crippen LogP contribution in [-0.2, 0) is 0 Å². The predicted octanol–water partition coefficient (Wildman–Crippen LogP) is 1.47. The van der Waals surface area contributed by atoms with Crippen molar-refractivity contribution in [3.63, 3.8) is 0 Å². The van der Waals surface area contributed by atoms with Gasteiger partial charge in [0.05, 0.1) is 0 Å². The predicted molar refractivity (Wildman–Crippen MR) is 66.2 cm³/mol. The van der Waals surface area contributed by atoms with Crippen LogP contribution in [0.1, 0.15) is 39.0 Å². The molecule has 0 radical (unpaired) electrons. The highest BCUT2D eigenvalue weighted by Crippen LogP contribution is 1.99. The topological polar surface area (TPSA) is 35.5 Å². The quantitative estimate of drug-likeness (QED) is 0.543. The molecule has 15 heavy (non-hydrogen) atoms. The third-order valence-electron chi connectivity index (χ3n) is 2.59. The Morgan fingerprint density at radius 3 is 2.40 bits per heavy atom. The Hall–Kier alpha value is -0.120. The van der Waals surface area contributed by atoms with Crippen molar-refractivity contribution in [2.75, 3.05) is 33.8 Å². The van der Waals surface area contributed by atoms with E-state index in [2.05, 4.69) is 31.2 Å². The van der Waals surface area contributed by atoms with Crippen LogP contribution in [0, 0.1) is 0 Å². The first-order valence-electron chi connectivity index (χ1n) is 6.15. The SMILES string of the molecule is CC(CCN(C)C)NCCCCCCO. The lowest BCUT2D eigenvalue weighted by atomic mass is 10.2. The zero-order chi connectivity index (χ0) is 11.5. The second-order valence-corrected chi connectivity index (χ2v) is 4.58. The molecule has 0 aromatic carbocycles. The summed E-state index contributed by atoms with van der Waals surface area (Å²) in [5, 5.41) is 12.1. The van der Waals surface area contributed by atoms with Crippen molar-refractivity contribution in [3.05, 3.63) is 0 Å². The number of nitrogens with zero attached hydrogens (tertiary/aromatic N) is 1. The van der Waals surface area contributed by atoms with Gasteiger partial charge in [0.25, 0.3) is 0 Å². The summed E-state index contributed by atoms with van der Waals surface area (Å²) in [7, 11) is 4.23. The van der Waals surface area contributed by atoms with Crippen LogP contribution in [0.5, 0.6) is 0 Å². The lowest BCUT2D eigenvalue weighted by Gasteiger charge is -2.16. The molecule has 92 valence electrons. The molecule has 0 bridgehead atoms. The van der Waals surface area contributed by atoms with E-state index in [1.54, 1.807) is 0 Å². The number of unbranched alkanes of at least 4 members (excludes halogenated alkanes) is 3. The van der Waals surface area contributed by atoms with Crippen molar-refractivity contribution in [1.82, 2.24) is 10.2 Å². The van der Waals surface area contributed by atoms with Gasteiger partial charge in [0.15, 0.2) is 0 Å². The van der Waals surface area contributed by atoms with E-state index in [4.69, 9.17) is 5.11 Å². The average molecular weight is 216 g/mol. The van der Waals surface area contributed by atoms with Crippen molar-refractivity contribution >= 4 is 0 Å². The van der Waals surface area contributed by atoms with Crippen LogP contribution in [0.2, 0.25) is 0 Å². The minimum Gasteiger partial charge on any atom is -0.396 e. The summed E-state index contributed by atoms with van der Waals surface area (Å²) in [4.78, 5) is 2.22. The van der Waals surface area contributed by atoms with E-state index >= 15 is 0 Å². The third-order valence-corrected chi connectivity index (χ3v) is 2.59. The summed E-state index contributed by atoms with van der Waals surface area (Å²) in [6.07, 6.45) is 5.78. The zero-order valence-corrected chi connectivity index (χ0v) is 10.6. The van der Waals surface area contributed by atoms with Crippen molar-refractivity contribution in [2.24, 2.45) is 0 Å². The average Bonchev–Trinajstić information content (AvgIpc) is 2.20. The van der Waals surface area contributed by atoms with Crippen LogP contribution < -0.4 is 5.32 Å². The van der Waals surface area contributed by atoms with Gasteiger partial charge in [-0.05, 0) is 53.4 Å². The molecule has 2 N–H and O–H groups in total. The van der Waals surface area contributed by atoms with Crippen LogP contribution in [0.3, 0.4) is 0 Å². The number of aliphatic hydroxyl groups is 1. The van der Waals surface area contributed by atoms with Gasteiger partial charge in [-0.2, -0.15) is 0 Å². The Morgan fingerprint density at radius 1 is 1.13 bits per heavy atom. The summed E-state index contributed by atoms with van der Waals surface area (Å²) in [6, 6.07) is 0.616. The molecule has 0 heterocycles. The third kappa shape index (κ3) is 11.8. The molecule has 0 aliphatic rings. The summed E-state index contributed by atoms with van der Waals surface area (Å²) in [5.41, 5.74) is 0. The van der Waals surface area contributed by atoms with Gasteiger partial charge in [-0.1, -0.05) is 12.8 Å². The van der Waals surface area contributed by atoms with Crippen molar-refractivity contribution < 1.29 is 5.11 Å². The molecule has 0 spiro atoms. The van der Waals surface area contributed by atoms with Crippen molar-refractivity contribution in [2.45, 2.75) is 45.1 Å². The number of rotatable bonds is 10. The Bertz CT molecular complexity index is 129. The van der Waals surface area contributed by atoms with E-state index in [-0.39, 0.29) is 0 Å². The Labute approximate surface area is 94.9 Å². The van der Waals surface area contributed by atoms with Crippen LogP contribution in [0.4, 0.5) is 0 Å². The smallest absolute Gasteiger partial charge is 0.0431 e. The van der Waals surface area contributed by atoms with Crippen LogP contribution in [0.15, 0.2) is 0 Å². The lowest BCUT2D eigenvalue weighted by molar-refractivity contribution is 0.282. The molecule has 3 heteroatoms. The van der Waals surface area contributed by atoms with Gasteiger partial charge in [0.1, 0.15) is 0 Å². The largest absolute Gasteiger partial charge is 0.396 e. The molecule has 0 aromatic rings. The molecule has 0 aliphatic heterocycles. The molecule has 0 saturated carbocycles. The Balaban J connectivity index is 3.13. The van der Waals surface area contributed by atoms with Crippen molar-refractivity contribution in [1.29, 1.82) is 0 Å². The van der Waals surface area contributed by atoms with E-state index < -0.39 is 0 Å². The van der Waals surface area contributed by atoms with E-state index in [0.29, 0.717) is 12.6 Å². The molecule has 1 unspecified atom stereocenters.